The Labute approximate surface area is 90.5 Å². The zero-order valence-electron chi connectivity index (χ0n) is 9.08. The van der Waals surface area contributed by atoms with Crippen LogP contribution < -0.4 is 11.1 Å². The van der Waals surface area contributed by atoms with Gasteiger partial charge in [0.25, 0.3) is 0 Å². The molecule has 2 fully saturated rings. The highest BCUT2D eigenvalue weighted by Crippen LogP contribution is 2.31. The third-order valence-corrected chi connectivity index (χ3v) is 3.21. The lowest BCUT2D eigenvalue weighted by atomic mass is 10.1. The van der Waals surface area contributed by atoms with E-state index in [4.69, 9.17) is 10.5 Å². The molecule has 0 aromatic heterocycles. The highest BCUT2D eigenvalue weighted by Gasteiger charge is 2.29. The van der Waals surface area contributed by atoms with Crippen molar-refractivity contribution < 1.29 is 9.53 Å². The predicted molar refractivity (Wildman–Crippen MR) is 57.3 cm³/mol. The number of nitrogens with one attached hydrogen (secondary N) is 1. The van der Waals surface area contributed by atoms with Crippen LogP contribution in [-0.4, -0.2) is 31.2 Å². The summed E-state index contributed by atoms with van der Waals surface area (Å²) in [6.07, 6.45) is 5.22. The summed E-state index contributed by atoms with van der Waals surface area (Å²) >= 11 is 0. The largest absolute Gasteiger partial charge is 0.368 e. The first-order chi connectivity index (χ1) is 7.27. The van der Waals surface area contributed by atoms with Crippen LogP contribution in [0.3, 0.4) is 0 Å². The fourth-order valence-corrected chi connectivity index (χ4v) is 1.97. The van der Waals surface area contributed by atoms with Crippen LogP contribution in [0.15, 0.2) is 0 Å². The summed E-state index contributed by atoms with van der Waals surface area (Å²) in [5.74, 6) is 0.656. The number of carbonyl (C=O) groups excluding carboxylic acids is 1. The summed E-state index contributed by atoms with van der Waals surface area (Å²) in [5.41, 5.74) is 5.90. The third kappa shape index (κ3) is 3.18. The summed E-state index contributed by atoms with van der Waals surface area (Å²) < 4.78 is 5.40. The van der Waals surface area contributed by atoms with Gasteiger partial charge in [-0.25, -0.2) is 0 Å². The average Bonchev–Trinajstić information content (AvgIpc) is 3.10. The van der Waals surface area contributed by atoms with Crippen LogP contribution in [-0.2, 0) is 9.53 Å². The molecule has 2 atom stereocenters. The van der Waals surface area contributed by atoms with E-state index in [0.29, 0.717) is 19.1 Å². The summed E-state index contributed by atoms with van der Waals surface area (Å²) in [6.45, 7) is 1.32. The van der Waals surface area contributed by atoms with Crippen molar-refractivity contribution in [1.82, 2.24) is 5.32 Å². The van der Waals surface area contributed by atoms with Gasteiger partial charge in [-0.2, -0.15) is 0 Å². The summed E-state index contributed by atoms with van der Waals surface area (Å²) in [4.78, 5) is 11.7. The van der Waals surface area contributed by atoms with E-state index in [9.17, 15) is 4.79 Å². The molecular weight excluding hydrogens is 192 g/mol. The van der Waals surface area contributed by atoms with Gasteiger partial charge in [0.05, 0.1) is 0 Å². The molecule has 3 N–H and O–H groups in total. The van der Waals surface area contributed by atoms with Crippen LogP contribution in [0.4, 0.5) is 0 Å². The predicted octanol–water partition coefficient (Wildman–Crippen LogP) is 0.409. The molecule has 1 saturated carbocycles. The van der Waals surface area contributed by atoms with E-state index >= 15 is 0 Å². The van der Waals surface area contributed by atoms with Crippen LogP contribution in [0.5, 0.6) is 0 Å². The molecule has 1 amide bonds. The van der Waals surface area contributed by atoms with E-state index in [-0.39, 0.29) is 18.1 Å². The quantitative estimate of drug-likeness (QED) is 0.709. The van der Waals surface area contributed by atoms with Crippen LogP contribution in [0.25, 0.3) is 0 Å². The second kappa shape index (κ2) is 4.94. The number of hydrogen-bond acceptors (Lipinski definition) is 3. The van der Waals surface area contributed by atoms with Gasteiger partial charge in [0, 0.05) is 19.2 Å². The van der Waals surface area contributed by atoms with Gasteiger partial charge in [-0.3, -0.25) is 4.79 Å². The van der Waals surface area contributed by atoms with E-state index < -0.39 is 0 Å². The SMILES string of the molecule is NC(CNC(=O)C1CCCCO1)C1CC1. The molecule has 0 aromatic carbocycles. The van der Waals surface area contributed by atoms with Crippen molar-refractivity contribution in [3.63, 3.8) is 0 Å². The van der Waals surface area contributed by atoms with Gasteiger partial charge in [-0.05, 0) is 38.0 Å². The molecule has 0 aromatic rings. The monoisotopic (exact) mass is 212 g/mol. The molecule has 4 heteroatoms. The van der Waals surface area contributed by atoms with E-state index in [0.717, 1.165) is 19.3 Å². The molecule has 1 aliphatic heterocycles. The molecular formula is C11H20N2O2. The highest BCUT2D eigenvalue weighted by atomic mass is 16.5. The van der Waals surface area contributed by atoms with Crippen LogP contribution in [0.1, 0.15) is 32.1 Å². The molecule has 86 valence electrons. The Kier molecular flexibility index (Phi) is 3.59. The minimum atomic E-state index is -0.231. The molecule has 1 heterocycles. The Morgan fingerprint density at radius 3 is 2.80 bits per heavy atom. The second-order valence-electron chi connectivity index (χ2n) is 4.60. The third-order valence-electron chi connectivity index (χ3n) is 3.21. The molecule has 1 aliphatic carbocycles. The van der Waals surface area contributed by atoms with E-state index in [1.807, 2.05) is 0 Å². The summed E-state index contributed by atoms with van der Waals surface area (Å²) in [6, 6.07) is 0.137. The van der Waals surface area contributed by atoms with Gasteiger partial charge in [0.1, 0.15) is 6.10 Å². The molecule has 1 saturated heterocycles. The van der Waals surface area contributed by atoms with Crippen molar-refractivity contribution in [3.05, 3.63) is 0 Å². The van der Waals surface area contributed by atoms with Crippen molar-refractivity contribution in [2.24, 2.45) is 11.7 Å². The molecule has 2 unspecified atom stereocenters. The maximum Gasteiger partial charge on any atom is 0.249 e. The Hall–Kier alpha value is -0.610. The van der Waals surface area contributed by atoms with Gasteiger partial charge in [0.15, 0.2) is 0 Å². The van der Waals surface area contributed by atoms with Crippen molar-refractivity contribution >= 4 is 5.91 Å². The van der Waals surface area contributed by atoms with Gasteiger partial charge >= 0.3 is 0 Å². The highest BCUT2D eigenvalue weighted by molar-refractivity contribution is 5.80. The fraction of sp³-hybridized carbons (Fsp3) is 0.909. The van der Waals surface area contributed by atoms with Gasteiger partial charge in [-0.1, -0.05) is 0 Å². The average molecular weight is 212 g/mol. The Morgan fingerprint density at radius 1 is 1.40 bits per heavy atom. The molecule has 4 nitrogen and oxygen atoms in total. The fourth-order valence-electron chi connectivity index (χ4n) is 1.97. The summed E-state index contributed by atoms with van der Waals surface area (Å²) in [7, 11) is 0. The lowest BCUT2D eigenvalue weighted by Crippen LogP contribution is -2.44. The van der Waals surface area contributed by atoms with Crippen LogP contribution in [0, 0.1) is 5.92 Å². The van der Waals surface area contributed by atoms with E-state index in [1.54, 1.807) is 0 Å². The standard InChI is InChI=1S/C11H20N2O2/c12-9(8-4-5-8)7-13-11(14)10-3-1-2-6-15-10/h8-10H,1-7,12H2,(H,13,14). The van der Waals surface area contributed by atoms with Gasteiger partial charge < -0.3 is 15.8 Å². The zero-order valence-corrected chi connectivity index (χ0v) is 9.08. The number of carbonyl (C=O) groups is 1. The summed E-state index contributed by atoms with van der Waals surface area (Å²) in [5, 5.41) is 2.88. The Balaban J connectivity index is 1.66. The maximum absolute atomic E-state index is 11.7. The maximum atomic E-state index is 11.7. The number of hydrogen-bond donors (Lipinski definition) is 2. The minimum Gasteiger partial charge on any atom is -0.368 e. The molecule has 15 heavy (non-hydrogen) atoms. The minimum absolute atomic E-state index is 0.0193. The van der Waals surface area contributed by atoms with Crippen molar-refractivity contribution in [2.45, 2.75) is 44.2 Å². The van der Waals surface area contributed by atoms with Gasteiger partial charge in [-0.15, -0.1) is 0 Å². The van der Waals surface area contributed by atoms with Crippen LogP contribution in [0.2, 0.25) is 0 Å². The molecule has 2 rings (SSSR count). The number of ether oxygens (including phenoxy) is 1. The smallest absolute Gasteiger partial charge is 0.249 e. The van der Waals surface area contributed by atoms with E-state index in [2.05, 4.69) is 5.32 Å². The first-order valence-electron chi connectivity index (χ1n) is 5.92. The van der Waals surface area contributed by atoms with Crippen molar-refractivity contribution in [2.75, 3.05) is 13.2 Å². The Bertz CT molecular complexity index is 223. The lowest BCUT2D eigenvalue weighted by molar-refractivity contribution is -0.135. The second-order valence-corrected chi connectivity index (χ2v) is 4.60. The molecule has 0 spiro atoms. The van der Waals surface area contributed by atoms with Crippen molar-refractivity contribution in [3.8, 4) is 0 Å². The number of rotatable bonds is 4. The molecule has 0 bridgehead atoms. The molecule has 2 aliphatic rings. The topological polar surface area (TPSA) is 64.3 Å². The van der Waals surface area contributed by atoms with Crippen LogP contribution >= 0.6 is 0 Å². The number of amides is 1. The normalized spacial score (nSPS) is 28.5. The first-order valence-corrected chi connectivity index (χ1v) is 5.92. The van der Waals surface area contributed by atoms with Crippen molar-refractivity contribution in [1.29, 1.82) is 0 Å². The lowest BCUT2D eigenvalue weighted by Gasteiger charge is -2.22. The van der Waals surface area contributed by atoms with Gasteiger partial charge in [0.2, 0.25) is 5.91 Å². The van der Waals surface area contributed by atoms with E-state index in [1.165, 1.54) is 12.8 Å². The molecule has 0 radical (unpaired) electrons. The zero-order chi connectivity index (χ0) is 10.7. The number of nitrogens with two attached hydrogens (primary N) is 1. The Morgan fingerprint density at radius 2 is 2.20 bits per heavy atom. The first kappa shape index (κ1) is 10.9.